The highest BCUT2D eigenvalue weighted by atomic mass is 16.6. The number of likely N-dealkylation sites (N-methyl/N-ethyl adjacent to an activating group) is 1. The minimum absolute atomic E-state index is 0.0534. The van der Waals surface area contributed by atoms with Crippen LogP contribution in [0.15, 0.2) is 42.5 Å². The van der Waals surface area contributed by atoms with Crippen molar-refractivity contribution in [3.8, 4) is 22.6 Å². The normalized spacial score (nSPS) is 17.0. The third-order valence-corrected chi connectivity index (χ3v) is 3.56. The van der Waals surface area contributed by atoms with Gasteiger partial charge in [-0.05, 0) is 31.2 Å². The molecule has 0 bridgehead atoms. The van der Waals surface area contributed by atoms with E-state index in [0.717, 1.165) is 23.6 Å². The highest BCUT2D eigenvalue weighted by Gasteiger charge is 2.23. The third-order valence-electron chi connectivity index (χ3n) is 3.56. The van der Waals surface area contributed by atoms with E-state index in [1.165, 1.54) is 11.1 Å². The van der Waals surface area contributed by atoms with Gasteiger partial charge in [0.05, 0.1) is 0 Å². The predicted molar refractivity (Wildman–Crippen MR) is 80.5 cm³/mol. The Kier molecular flexibility index (Phi) is 3.61. The van der Waals surface area contributed by atoms with Crippen LogP contribution in [0.5, 0.6) is 11.5 Å². The van der Waals surface area contributed by atoms with Crippen molar-refractivity contribution in [2.75, 3.05) is 20.2 Å². The van der Waals surface area contributed by atoms with Gasteiger partial charge in [-0.3, -0.25) is 0 Å². The van der Waals surface area contributed by atoms with Gasteiger partial charge in [-0.25, -0.2) is 0 Å². The molecule has 1 N–H and O–H groups in total. The second kappa shape index (κ2) is 5.55. The van der Waals surface area contributed by atoms with Crippen molar-refractivity contribution < 1.29 is 9.47 Å². The SMILES string of the molecule is CNCC1COc2cccc(-c3ccccc3C)c2O1. The van der Waals surface area contributed by atoms with Crippen LogP contribution < -0.4 is 14.8 Å². The molecule has 3 rings (SSSR count). The van der Waals surface area contributed by atoms with Crippen LogP contribution in [-0.2, 0) is 0 Å². The molecule has 104 valence electrons. The summed E-state index contributed by atoms with van der Waals surface area (Å²) in [6.45, 7) is 3.48. The van der Waals surface area contributed by atoms with Gasteiger partial charge in [0.2, 0.25) is 0 Å². The summed E-state index contributed by atoms with van der Waals surface area (Å²) in [5.41, 5.74) is 3.53. The van der Waals surface area contributed by atoms with Crippen LogP contribution in [-0.4, -0.2) is 26.3 Å². The number of fused-ring (bicyclic) bond motifs is 1. The summed E-state index contributed by atoms with van der Waals surface area (Å²) in [7, 11) is 1.92. The second-order valence-corrected chi connectivity index (χ2v) is 5.06. The van der Waals surface area contributed by atoms with Crippen LogP contribution in [0.1, 0.15) is 5.56 Å². The summed E-state index contributed by atoms with van der Waals surface area (Å²) >= 11 is 0. The van der Waals surface area contributed by atoms with Gasteiger partial charge >= 0.3 is 0 Å². The molecular formula is C17H19NO2. The average molecular weight is 269 g/mol. The molecule has 0 aliphatic carbocycles. The van der Waals surface area contributed by atoms with E-state index in [2.05, 4.69) is 42.6 Å². The first kappa shape index (κ1) is 13.0. The van der Waals surface area contributed by atoms with Crippen LogP contribution in [0, 0.1) is 6.92 Å². The van der Waals surface area contributed by atoms with Crippen molar-refractivity contribution >= 4 is 0 Å². The van der Waals surface area contributed by atoms with Gasteiger partial charge in [-0.15, -0.1) is 0 Å². The number of hydrogen-bond acceptors (Lipinski definition) is 3. The number of aryl methyl sites for hydroxylation is 1. The molecule has 0 fully saturated rings. The molecule has 20 heavy (non-hydrogen) atoms. The first-order valence-electron chi connectivity index (χ1n) is 6.92. The van der Waals surface area contributed by atoms with Gasteiger partial charge in [0.1, 0.15) is 12.7 Å². The summed E-state index contributed by atoms with van der Waals surface area (Å²) in [6.07, 6.45) is 0.0534. The highest BCUT2D eigenvalue weighted by Crippen LogP contribution is 2.41. The Morgan fingerprint density at radius 3 is 2.70 bits per heavy atom. The Bertz CT molecular complexity index is 610. The molecule has 1 atom stereocenters. The van der Waals surface area contributed by atoms with Crippen molar-refractivity contribution in [3.05, 3.63) is 48.0 Å². The maximum absolute atomic E-state index is 6.13. The number of para-hydroxylation sites is 1. The average Bonchev–Trinajstić information content (AvgIpc) is 2.48. The minimum atomic E-state index is 0.0534. The Balaban J connectivity index is 2.04. The van der Waals surface area contributed by atoms with Crippen LogP contribution in [0.2, 0.25) is 0 Å². The van der Waals surface area contributed by atoms with Crippen molar-refractivity contribution in [2.24, 2.45) is 0 Å². The van der Waals surface area contributed by atoms with E-state index < -0.39 is 0 Å². The molecule has 2 aromatic rings. The molecule has 1 heterocycles. The fourth-order valence-corrected chi connectivity index (χ4v) is 2.55. The third kappa shape index (κ3) is 2.37. The molecule has 2 aromatic carbocycles. The van der Waals surface area contributed by atoms with Gasteiger partial charge < -0.3 is 14.8 Å². The molecule has 1 aliphatic rings. The van der Waals surface area contributed by atoms with E-state index >= 15 is 0 Å². The zero-order chi connectivity index (χ0) is 13.9. The molecular weight excluding hydrogens is 250 g/mol. The van der Waals surface area contributed by atoms with E-state index in [-0.39, 0.29) is 6.10 Å². The minimum Gasteiger partial charge on any atom is -0.486 e. The standard InChI is InChI=1S/C17H19NO2/c1-12-6-3-4-7-14(12)15-8-5-9-16-17(15)20-13(10-18-2)11-19-16/h3-9,13,18H,10-11H2,1-2H3. The van der Waals surface area contributed by atoms with Crippen LogP contribution in [0.4, 0.5) is 0 Å². The second-order valence-electron chi connectivity index (χ2n) is 5.06. The maximum Gasteiger partial charge on any atom is 0.169 e. The van der Waals surface area contributed by atoms with Gasteiger partial charge in [-0.1, -0.05) is 36.4 Å². The van der Waals surface area contributed by atoms with Crippen molar-refractivity contribution in [2.45, 2.75) is 13.0 Å². The summed E-state index contributed by atoms with van der Waals surface area (Å²) < 4.78 is 12.0. The Morgan fingerprint density at radius 1 is 1.10 bits per heavy atom. The fraction of sp³-hybridized carbons (Fsp3) is 0.294. The lowest BCUT2D eigenvalue weighted by Gasteiger charge is -2.28. The summed E-state index contributed by atoms with van der Waals surface area (Å²) in [6, 6.07) is 14.4. The summed E-state index contributed by atoms with van der Waals surface area (Å²) in [5.74, 6) is 1.69. The molecule has 0 spiro atoms. The molecule has 1 unspecified atom stereocenters. The Morgan fingerprint density at radius 2 is 1.90 bits per heavy atom. The van der Waals surface area contributed by atoms with E-state index in [4.69, 9.17) is 9.47 Å². The first-order valence-corrected chi connectivity index (χ1v) is 6.92. The van der Waals surface area contributed by atoms with Gasteiger partial charge in [0.25, 0.3) is 0 Å². The number of nitrogens with one attached hydrogen (secondary N) is 1. The molecule has 3 heteroatoms. The van der Waals surface area contributed by atoms with E-state index in [0.29, 0.717) is 6.61 Å². The van der Waals surface area contributed by atoms with E-state index in [1.807, 2.05) is 19.2 Å². The lowest BCUT2D eigenvalue weighted by Crippen LogP contribution is -2.37. The van der Waals surface area contributed by atoms with Gasteiger partial charge in [0, 0.05) is 12.1 Å². The van der Waals surface area contributed by atoms with E-state index in [1.54, 1.807) is 0 Å². The van der Waals surface area contributed by atoms with Crippen LogP contribution in [0.3, 0.4) is 0 Å². The summed E-state index contributed by atoms with van der Waals surface area (Å²) in [4.78, 5) is 0. The lowest BCUT2D eigenvalue weighted by atomic mass is 9.99. The molecule has 0 saturated heterocycles. The monoisotopic (exact) mass is 269 g/mol. The maximum atomic E-state index is 6.13. The van der Waals surface area contributed by atoms with E-state index in [9.17, 15) is 0 Å². The highest BCUT2D eigenvalue weighted by molar-refractivity contribution is 5.76. The van der Waals surface area contributed by atoms with Crippen molar-refractivity contribution in [3.63, 3.8) is 0 Å². The smallest absolute Gasteiger partial charge is 0.169 e. The Labute approximate surface area is 119 Å². The van der Waals surface area contributed by atoms with Crippen LogP contribution >= 0.6 is 0 Å². The molecule has 0 saturated carbocycles. The van der Waals surface area contributed by atoms with Crippen molar-refractivity contribution in [1.29, 1.82) is 0 Å². The Hall–Kier alpha value is -2.00. The topological polar surface area (TPSA) is 30.5 Å². The first-order chi connectivity index (χ1) is 9.79. The number of hydrogen-bond donors (Lipinski definition) is 1. The predicted octanol–water partition coefficient (Wildman–Crippen LogP) is 3.02. The lowest BCUT2D eigenvalue weighted by molar-refractivity contribution is 0.0926. The molecule has 0 amide bonds. The quantitative estimate of drug-likeness (QED) is 0.929. The number of benzene rings is 2. The number of rotatable bonds is 3. The van der Waals surface area contributed by atoms with Gasteiger partial charge in [0.15, 0.2) is 11.5 Å². The van der Waals surface area contributed by atoms with Gasteiger partial charge in [-0.2, -0.15) is 0 Å². The summed E-state index contributed by atoms with van der Waals surface area (Å²) in [5, 5.41) is 3.13. The largest absolute Gasteiger partial charge is 0.486 e. The molecule has 0 radical (unpaired) electrons. The molecule has 0 aromatic heterocycles. The zero-order valence-corrected chi connectivity index (χ0v) is 11.8. The molecule has 1 aliphatic heterocycles. The fourth-order valence-electron chi connectivity index (χ4n) is 2.55. The number of ether oxygens (including phenoxy) is 2. The molecule has 3 nitrogen and oxygen atoms in total. The zero-order valence-electron chi connectivity index (χ0n) is 11.8. The van der Waals surface area contributed by atoms with Crippen LogP contribution in [0.25, 0.3) is 11.1 Å². The van der Waals surface area contributed by atoms with Crippen molar-refractivity contribution in [1.82, 2.24) is 5.32 Å².